The molecule has 0 fully saturated rings. The second-order valence-electron chi connectivity index (χ2n) is 4.97. The van der Waals surface area contributed by atoms with Gasteiger partial charge >= 0.3 is 0 Å². The summed E-state index contributed by atoms with van der Waals surface area (Å²) in [5.74, 6) is 0.358. The molecular weight excluding hydrogens is 288 g/mol. The Morgan fingerprint density at radius 2 is 2.29 bits per heavy atom. The van der Waals surface area contributed by atoms with E-state index in [0.29, 0.717) is 5.22 Å². The molecule has 0 radical (unpaired) electrons. The number of rotatable bonds is 5. The number of benzene rings is 1. The van der Waals surface area contributed by atoms with Crippen molar-refractivity contribution in [1.29, 1.82) is 0 Å². The molecule has 0 spiro atoms. The van der Waals surface area contributed by atoms with Gasteiger partial charge in [-0.3, -0.25) is 4.79 Å². The quantitative estimate of drug-likeness (QED) is 0.652. The number of amides is 1. The van der Waals surface area contributed by atoms with Crippen LogP contribution < -0.4 is 5.32 Å². The van der Waals surface area contributed by atoms with Crippen LogP contribution >= 0.6 is 11.8 Å². The highest BCUT2D eigenvalue weighted by Gasteiger charge is 2.20. The first kappa shape index (κ1) is 14.2. The Hall–Kier alpha value is -1.79. The number of hydrogen-bond acceptors (Lipinski definition) is 5. The van der Waals surface area contributed by atoms with Crippen molar-refractivity contribution < 1.29 is 14.3 Å². The van der Waals surface area contributed by atoms with Crippen LogP contribution in [-0.4, -0.2) is 34.4 Å². The van der Waals surface area contributed by atoms with Gasteiger partial charge in [0.25, 0.3) is 5.22 Å². The van der Waals surface area contributed by atoms with Crippen molar-refractivity contribution in [1.82, 2.24) is 10.3 Å². The summed E-state index contributed by atoms with van der Waals surface area (Å²) < 4.78 is 5.55. The summed E-state index contributed by atoms with van der Waals surface area (Å²) in [5.41, 5.74) is 1.52. The Balaban J connectivity index is 1.50. The molecule has 6 heteroatoms. The molecule has 1 aliphatic carbocycles. The van der Waals surface area contributed by atoms with Crippen molar-refractivity contribution in [3.05, 3.63) is 36.4 Å². The molecule has 0 unspecified atom stereocenters. The lowest BCUT2D eigenvalue weighted by Gasteiger charge is -2.11. The third-order valence-electron chi connectivity index (χ3n) is 3.35. The highest BCUT2D eigenvalue weighted by atomic mass is 32.2. The number of oxazole rings is 1. The van der Waals surface area contributed by atoms with Crippen LogP contribution in [-0.2, 0) is 4.79 Å². The van der Waals surface area contributed by atoms with Crippen LogP contribution in [0.25, 0.3) is 11.1 Å². The molecule has 1 amide bonds. The van der Waals surface area contributed by atoms with E-state index in [-0.39, 0.29) is 30.2 Å². The minimum absolute atomic E-state index is 0.0129. The molecule has 0 aliphatic heterocycles. The fourth-order valence-electron chi connectivity index (χ4n) is 2.31. The zero-order valence-electron chi connectivity index (χ0n) is 11.4. The Labute approximate surface area is 126 Å². The van der Waals surface area contributed by atoms with E-state index in [1.165, 1.54) is 11.8 Å². The minimum atomic E-state index is -0.0597. The van der Waals surface area contributed by atoms with E-state index in [2.05, 4.69) is 10.3 Å². The molecule has 0 saturated heterocycles. The predicted molar refractivity (Wildman–Crippen MR) is 81.0 cm³/mol. The summed E-state index contributed by atoms with van der Waals surface area (Å²) in [7, 11) is 0. The van der Waals surface area contributed by atoms with Gasteiger partial charge in [0.1, 0.15) is 5.52 Å². The zero-order valence-corrected chi connectivity index (χ0v) is 12.2. The molecule has 1 aromatic heterocycles. The summed E-state index contributed by atoms with van der Waals surface area (Å²) in [4.78, 5) is 16.2. The number of aliphatic hydroxyl groups excluding tert-OH is 1. The topological polar surface area (TPSA) is 75.4 Å². The Morgan fingerprint density at radius 1 is 1.43 bits per heavy atom. The number of thioether (sulfide) groups is 1. The first-order valence-electron chi connectivity index (χ1n) is 6.81. The number of para-hydroxylation sites is 2. The number of carbonyl (C=O) groups excluding carboxylic acids is 1. The number of aromatic nitrogens is 1. The van der Waals surface area contributed by atoms with Crippen molar-refractivity contribution in [2.45, 2.75) is 17.7 Å². The molecule has 1 aromatic carbocycles. The van der Waals surface area contributed by atoms with Crippen molar-refractivity contribution in [2.75, 3.05) is 12.4 Å². The number of aliphatic hydroxyl groups is 1. The number of fused-ring (bicyclic) bond motifs is 1. The highest BCUT2D eigenvalue weighted by molar-refractivity contribution is 7.99. The molecule has 0 bridgehead atoms. The SMILES string of the molecule is O=C(CSc1nc2ccccc2o1)N[C@@H]1C=C[C@H](CO)C1. The van der Waals surface area contributed by atoms with E-state index in [9.17, 15) is 4.79 Å². The van der Waals surface area contributed by atoms with Crippen molar-refractivity contribution >= 4 is 28.8 Å². The Kier molecular flexibility index (Phi) is 4.26. The molecule has 21 heavy (non-hydrogen) atoms. The maximum atomic E-state index is 11.9. The third-order valence-corrected chi connectivity index (χ3v) is 4.18. The van der Waals surface area contributed by atoms with Gasteiger partial charge < -0.3 is 14.8 Å². The van der Waals surface area contributed by atoms with Crippen molar-refractivity contribution in [2.24, 2.45) is 5.92 Å². The van der Waals surface area contributed by atoms with Gasteiger partial charge in [-0.1, -0.05) is 36.0 Å². The maximum Gasteiger partial charge on any atom is 0.257 e. The van der Waals surface area contributed by atoms with E-state index >= 15 is 0 Å². The van der Waals surface area contributed by atoms with Gasteiger partial charge in [-0.15, -0.1) is 0 Å². The fourth-order valence-corrected chi connectivity index (χ4v) is 2.96. The second-order valence-corrected chi connectivity index (χ2v) is 5.90. The number of nitrogens with one attached hydrogen (secondary N) is 1. The van der Waals surface area contributed by atoms with Crippen LogP contribution in [0.2, 0.25) is 0 Å². The smallest absolute Gasteiger partial charge is 0.257 e. The predicted octanol–water partition coefficient (Wildman–Crippen LogP) is 1.97. The summed E-state index contributed by atoms with van der Waals surface area (Å²) in [6.45, 7) is 0.126. The molecule has 2 aromatic rings. The van der Waals surface area contributed by atoms with Gasteiger partial charge in [-0.25, -0.2) is 4.98 Å². The number of hydrogen-bond donors (Lipinski definition) is 2. The molecule has 1 aliphatic rings. The van der Waals surface area contributed by atoms with E-state index in [0.717, 1.165) is 17.5 Å². The zero-order chi connectivity index (χ0) is 14.7. The summed E-state index contributed by atoms with van der Waals surface area (Å²) in [6.07, 6.45) is 4.64. The van der Waals surface area contributed by atoms with Gasteiger partial charge in [0.05, 0.1) is 5.75 Å². The lowest BCUT2D eigenvalue weighted by Crippen LogP contribution is -2.34. The first-order chi connectivity index (χ1) is 10.2. The Morgan fingerprint density at radius 3 is 3.05 bits per heavy atom. The minimum Gasteiger partial charge on any atom is -0.431 e. The normalized spacial score (nSPS) is 21.0. The van der Waals surface area contributed by atoms with E-state index in [1.807, 2.05) is 36.4 Å². The average Bonchev–Trinajstić information content (AvgIpc) is 3.10. The Bertz CT molecular complexity index is 635. The van der Waals surface area contributed by atoms with Gasteiger partial charge in [-0.05, 0) is 18.6 Å². The summed E-state index contributed by atoms with van der Waals surface area (Å²) in [6, 6.07) is 7.53. The summed E-state index contributed by atoms with van der Waals surface area (Å²) in [5, 5.41) is 12.5. The average molecular weight is 304 g/mol. The number of nitrogens with zero attached hydrogens (tertiary/aromatic N) is 1. The lowest BCUT2D eigenvalue weighted by molar-refractivity contribution is -0.119. The van der Waals surface area contributed by atoms with Crippen molar-refractivity contribution in [3.63, 3.8) is 0 Å². The largest absolute Gasteiger partial charge is 0.431 e. The fraction of sp³-hybridized carbons (Fsp3) is 0.333. The number of carbonyl (C=O) groups is 1. The standard InChI is InChI=1S/C15H16N2O3S/c18-8-10-5-6-11(7-10)16-14(19)9-21-15-17-12-3-1-2-4-13(12)20-15/h1-6,10-11,18H,7-9H2,(H,16,19)/t10-,11+/m0/s1. The molecule has 5 nitrogen and oxygen atoms in total. The first-order valence-corrected chi connectivity index (χ1v) is 7.80. The van der Waals surface area contributed by atoms with Crippen LogP contribution in [0.3, 0.4) is 0 Å². The van der Waals surface area contributed by atoms with E-state index in [1.54, 1.807) is 0 Å². The van der Waals surface area contributed by atoms with E-state index < -0.39 is 0 Å². The van der Waals surface area contributed by atoms with Gasteiger partial charge in [0.15, 0.2) is 5.58 Å². The van der Waals surface area contributed by atoms with Gasteiger partial charge in [-0.2, -0.15) is 0 Å². The van der Waals surface area contributed by atoms with Crippen LogP contribution in [0.5, 0.6) is 0 Å². The monoisotopic (exact) mass is 304 g/mol. The van der Waals surface area contributed by atoms with Gasteiger partial charge in [0.2, 0.25) is 5.91 Å². The highest BCUT2D eigenvalue weighted by Crippen LogP contribution is 2.23. The van der Waals surface area contributed by atoms with Crippen LogP contribution in [0, 0.1) is 5.92 Å². The van der Waals surface area contributed by atoms with Gasteiger partial charge in [0, 0.05) is 18.6 Å². The third kappa shape index (κ3) is 3.46. The molecule has 2 N–H and O–H groups in total. The van der Waals surface area contributed by atoms with Crippen molar-refractivity contribution in [3.8, 4) is 0 Å². The van der Waals surface area contributed by atoms with Crippen LogP contribution in [0.15, 0.2) is 46.1 Å². The van der Waals surface area contributed by atoms with Crippen LogP contribution in [0.4, 0.5) is 0 Å². The molecule has 1 heterocycles. The molecule has 3 rings (SSSR count). The molecule has 2 atom stereocenters. The second kappa shape index (κ2) is 6.32. The van der Waals surface area contributed by atoms with E-state index in [4.69, 9.17) is 9.52 Å². The molecule has 0 saturated carbocycles. The summed E-state index contributed by atoms with van der Waals surface area (Å²) >= 11 is 1.28. The molecule has 110 valence electrons. The lowest BCUT2D eigenvalue weighted by atomic mass is 10.1. The van der Waals surface area contributed by atoms with Crippen LogP contribution in [0.1, 0.15) is 6.42 Å². The maximum absolute atomic E-state index is 11.9. The molecular formula is C15H16N2O3S.